The van der Waals surface area contributed by atoms with Gasteiger partial charge in [0.2, 0.25) is 5.91 Å². The Balaban J connectivity index is 1.85. The molecule has 2 rings (SSSR count). The standard InChI is InChI=1S/C14H26N3O4S/c1-22(20,21)8-7-16-9-12(18)10-17-11-3-2-5-14(17,6-4-11)13(15)19/h2,11-12,16,18H,3-10H2,1H3,(H2,15,19)/t11-,12-,14+/m1/s1. The highest BCUT2D eigenvalue weighted by Crippen LogP contribution is 2.43. The average Bonchev–Trinajstić information content (AvgIpc) is 2.62. The first-order valence-electron chi connectivity index (χ1n) is 7.69. The highest BCUT2D eigenvalue weighted by Gasteiger charge is 2.52. The topological polar surface area (TPSA) is 113 Å². The van der Waals surface area contributed by atoms with Gasteiger partial charge < -0.3 is 16.2 Å². The number of nitrogens with zero attached hydrogens (tertiary/aromatic N) is 1. The first kappa shape index (κ1) is 17.7. The Hall–Kier alpha value is -0.700. The summed E-state index contributed by atoms with van der Waals surface area (Å²) < 4.78 is 22.1. The minimum absolute atomic E-state index is 0.0479. The molecule has 127 valence electrons. The molecule has 0 aromatic heterocycles. The number of amides is 1. The number of piperidine rings is 1. The second kappa shape index (κ2) is 6.82. The lowest BCUT2D eigenvalue weighted by atomic mass is 9.87. The molecule has 3 atom stereocenters. The van der Waals surface area contributed by atoms with E-state index in [1.54, 1.807) is 0 Å². The van der Waals surface area contributed by atoms with Crippen LogP contribution in [0.5, 0.6) is 0 Å². The average molecular weight is 332 g/mol. The van der Waals surface area contributed by atoms with Crippen molar-refractivity contribution in [2.24, 2.45) is 5.73 Å². The molecule has 1 radical (unpaired) electrons. The normalized spacial score (nSPS) is 30.4. The molecule has 2 saturated heterocycles. The number of fused-ring (bicyclic) bond motifs is 2. The Morgan fingerprint density at radius 2 is 2.32 bits per heavy atom. The zero-order chi connectivity index (χ0) is 16.4. The third kappa shape index (κ3) is 3.98. The van der Waals surface area contributed by atoms with Gasteiger partial charge in [0.05, 0.1) is 11.9 Å². The summed E-state index contributed by atoms with van der Waals surface area (Å²) >= 11 is 0. The zero-order valence-corrected chi connectivity index (χ0v) is 13.8. The summed E-state index contributed by atoms with van der Waals surface area (Å²) in [5, 5.41) is 13.1. The number of carbonyl (C=O) groups is 1. The van der Waals surface area contributed by atoms with Crippen molar-refractivity contribution in [1.29, 1.82) is 0 Å². The quantitative estimate of drug-likeness (QED) is 0.475. The van der Waals surface area contributed by atoms with Crippen molar-refractivity contribution in [2.75, 3.05) is 31.6 Å². The van der Waals surface area contributed by atoms with Crippen LogP contribution in [-0.4, -0.2) is 73.7 Å². The van der Waals surface area contributed by atoms with Gasteiger partial charge in [-0.3, -0.25) is 9.69 Å². The van der Waals surface area contributed by atoms with Gasteiger partial charge in [-0.05, 0) is 32.1 Å². The fourth-order valence-corrected chi connectivity index (χ4v) is 4.06. The number of aliphatic hydroxyl groups is 1. The fourth-order valence-electron chi connectivity index (χ4n) is 3.54. The number of hydrogen-bond donors (Lipinski definition) is 3. The Morgan fingerprint density at radius 3 is 2.95 bits per heavy atom. The largest absolute Gasteiger partial charge is 0.390 e. The molecule has 0 spiro atoms. The van der Waals surface area contributed by atoms with Crippen LogP contribution < -0.4 is 11.1 Å². The van der Waals surface area contributed by atoms with Crippen LogP contribution >= 0.6 is 0 Å². The van der Waals surface area contributed by atoms with Crippen LogP contribution in [0, 0.1) is 6.42 Å². The summed E-state index contributed by atoms with van der Waals surface area (Å²) in [4.78, 5) is 13.9. The van der Waals surface area contributed by atoms with Crippen molar-refractivity contribution >= 4 is 15.7 Å². The summed E-state index contributed by atoms with van der Waals surface area (Å²) in [6.07, 6.45) is 5.89. The van der Waals surface area contributed by atoms with Crippen molar-refractivity contribution in [3.63, 3.8) is 0 Å². The van der Waals surface area contributed by atoms with E-state index in [1.807, 2.05) is 0 Å². The minimum atomic E-state index is -3.00. The molecule has 2 aliphatic heterocycles. The van der Waals surface area contributed by atoms with E-state index < -0.39 is 21.5 Å². The van der Waals surface area contributed by atoms with Gasteiger partial charge in [0.25, 0.3) is 0 Å². The number of β-amino-alcohol motifs (C(OH)–C–C–N with tert-alkyl or cyclic N) is 1. The van der Waals surface area contributed by atoms with Crippen LogP contribution in [-0.2, 0) is 14.6 Å². The monoisotopic (exact) mass is 332 g/mol. The van der Waals surface area contributed by atoms with E-state index in [-0.39, 0.29) is 17.7 Å². The van der Waals surface area contributed by atoms with E-state index in [0.29, 0.717) is 26.1 Å². The second-order valence-corrected chi connectivity index (χ2v) is 8.72. The Labute approximate surface area is 132 Å². The van der Waals surface area contributed by atoms with E-state index in [2.05, 4.69) is 16.6 Å². The van der Waals surface area contributed by atoms with E-state index in [4.69, 9.17) is 5.73 Å². The number of sulfone groups is 1. The van der Waals surface area contributed by atoms with Gasteiger partial charge in [-0.25, -0.2) is 8.42 Å². The molecule has 0 aromatic carbocycles. The molecule has 2 aliphatic rings. The van der Waals surface area contributed by atoms with Crippen LogP contribution in [0.4, 0.5) is 0 Å². The number of primary amides is 1. The van der Waals surface area contributed by atoms with Crippen molar-refractivity contribution < 1.29 is 18.3 Å². The van der Waals surface area contributed by atoms with Gasteiger partial charge in [0, 0.05) is 31.9 Å². The first-order valence-corrected chi connectivity index (χ1v) is 9.75. The predicted molar refractivity (Wildman–Crippen MR) is 83.8 cm³/mol. The van der Waals surface area contributed by atoms with Gasteiger partial charge in [-0.1, -0.05) is 0 Å². The molecule has 2 fully saturated rings. The molecule has 4 N–H and O–H groups in total. The SMILES string of the molecule is CS(=O)(=O)CCNC[C@@H](O)CN1[C@@H]2C[CH]C[C@@]1(C(N)=O)CC2. The third-order valence-corrected chi connectivity index (χ3v) is 5.64. The van der Waals surface area contributed by atoms with E-state index in [0.717, 1.165) is 19.3 Å². The molecule has 7 nitrogen and oxygen atoms in total. The highest BCUT2D eigenvalue weighted by atomic mass is 32.2. The lowest BCUT2D eigenvalue weighted by molar-refractivity contribution is -0.131. The number of nitrogens with two attached hydrogens (primary N) is 1. The molecule has 0 unspecified atom stereocenters. The molecule has 2 bridgehead atoms. The van der Waals surface area contributed by atoms with Crippen molar-refractivity contribution in [3.05, 3.63) is 6.42 Å². The van der Waals surface area contributed by atoms with Crippen LogP contribution in [0.3, 0.4) is 0 Å². The number of aliphatic hydroxyl groups excluding tert-OH is 1. The van der Waals surface area contributed by atoms with Crippen LogP contribution in [0.15, 0.2) is 0 Å². The van der Waals surface area contributed by atoms with Gasteiger partial charge >= 0.3 is 0 Å². The number of nitrogens with one attached hydrogen (secondary N) is 1. The Morgan fingerprint density at radius 1 is 1.59 bits per heavy atom. The molecule has 0 aromatic rings. The lowest BCUT2D eigenvalue weighted by Gasteiger charge is -2.43. The molecule has 2 heterocycles. The molecule has 1 amide bonds. The maximum Gasteiger partial charge on any atom is 0.237 e. The van der Waals surface area contributed by atoms with Crippen LogP contribution in [0.1, 0.15) is 25.7 Å². The predicted octanol–water partition coefficient (Wildman–Crippen LogP) is -1.33. The maximum atomic E-state index is 11.9. The number of rotatable bonds is 8. The molecule has 0 saturated carbocycles. The zero-order valence-electron chi connectivity index (χ0n) is 13.0. The molecular formula is C14H26N3O4S. The van der Waals surface area contributed by atoms with Crippen LogP contribution in [0.2, 0.25) is 0 Å². The summed E-state index contributed by atoms with van der Waals surface area (Å²) in [6, 6.07) is 0.270. The van der Waals surface area contributed by atoms with Crippen molar-refractivity contribution in [2.45, 2.75) is 43.4 Å². The molecular weight excluding hydrogens is 306 g/mol. The van der Waals surface area contributed by atoms with Crippen molar-refractivity contribution in [3.8, 4) is 0 Å². The van der Waals surface area contributed by atoms with E-state index in [1.165, 1.54) is 6.26 Å². The molecule has 8 heteroatoms. The van der Waals surface area contributed by atoms with Crippen molar-refractivity contribution in [1.82, 2.24) is 10.2 Å². The third-order valence-electron chi connectivity index (χ3n) is 4.70. The molecule has 22 heavy (non-hydrogen) atoms. The second-order valence-electron chi connectivity index (χ2n) is 6.46. The summed E-state index contributed by atoms with van der Waals surface area (Å²) in [5.41, 5.74) is 4.97. The van der Waals surface area contributed by atoms with Crippen LogP contribution in [0.25, 0.3) is 0 Å². The lowest BCUT2D eigenvalue weighted by Crippen LogP contribution is -2.60. The van der Waals surface area contributed by atoms with E-state index in [9.17, 15) is 18.3 Å². The van der Waals surface area contributed by atoms with Gasteiger partial charge in [0.1, 0.15) is 15.4 Å². The first-order chi connectivity index (χ1) is 10.2. The van der Waals surface area contributed by atoms with Gasteiger partial charge in [0.15, 0.2) is 0 Å². The number of carbonyl (C=O) groups excluding carboxylic acids is 1. The number of hydrogen-bond acceptors (Lipinski definition) is 6. The maximum absolute atomic E-state index is 11.9. The van der Waals surface area contributed by atoms with E-state index >= 15 is 0 Å². The van der Waals surface area contributed by atoms with Gasteiger partial charge in [-0.2, -0.15) is 0 Å². The molecule has 0 aliphatic carbocycles. The smallest absolute Gasteiger partial charge is 0.237 e. The Kier molecular flexibility index (Phi) is 5.47. The minimum Gasteiger partial charge on any atom is -0.390 e. The highest BCUT2D eigenvalue weighted by molar-refractivity contribution is 7.90. The summed E-state index contributed by atoms with van der Waals surface area (Å²) in [7, 11) is -3.00. The Bertz CT molecular complexity index is 506. The summed E-state index contributed by atoms with van der Waals surface area (Å²) in [5.74, 6) is -0.269. The summed E-state index contributed by atoms with van der Waals surface area (Å²) in [6.45, 7) is 0.999. The fraction of sp³-hybridized carbons (Fsp3) is 0.857. The van der Waals surface area contributed by atoms with Gasteiger partial charge in [-0.15, -0.1) is 0 Å².